The number of nitrogens with zero attached hydrogens (tertiary/aromatic N) is 4. The molecule has 1 aromatic carbocycles. The number of nitro groups is 1. The van der Waals surface area contributed by atoms with Crippen LogP contribution in [0.1, 0.15) is 30.7 Å². The minimum absolute atomic E-state index is 0.0645. The van der Waals surface area contributed by atoms with Gasteiger partial charge in [-0.15, -0.1) is 5.10 Å². The van der Waals surface area contributed by atoms with Crippen molar-refractivity contribution < 1.29 is 4.92 Å². The molecule has 0 radical (unpaired) electrons. The molecule has 0 spiro atoms. The van der Waals surface area contributed by atoms with E-state index in [0.717, 1.165) is 5.56 Å². The predicted molar refractivity (Wildman–Crippen MR) is 74.7 cm³/mol. The Morgan fingerprint density at radius 2 is 1.95 bits per heavy atom. The molecule has 0 bridgehead atoms. The fourth-order valence-electron chi connectivity index (χ4n) is 1.95. The zero-order chi connectivity index (χ0) is 15.1. The van der Waals surface area contributed by atoms with Crippen molar-refractivity contribution in [2.24, 2.45) is 5.73 Å². The summed E-state index contributed by atoms with van der Waals surface area (Å²) in [5, 5.41) is 19.0. The first-order chi connectivity index (χ1) is 9.20. The van der Waals surface area contributed by atoms with E-state index >= 15 is 0 Å². The molecule has 20 heavy (non-hydrogen) atoms. The minimum Gasteiger partial charge on any atom is -0.320 e. The molecule has 2 rings (SSSR count). The Balaban J connectivity index is 2.55. The highest BCUT2D eigenvalue weighted by atomic mass is 16.6. The van der Waals surface area contributed by atoms with Crippen molar-refractivity contribution in [2.75, 3.05) is 0 Å². The quantitative estimate of drug-likeness (QED) is 0.682. The number of nitro benzene ring substituents is 1. The zero-order valence-corrected chi connectivity index (χ0v) is 11.9. The fraction of sp³-hybridized carbons (Fsp3) is 0.385. The van der Waals surface area contributed by atoms with Gasteiger partial charge in [0.05, 0.1) is 22.3 Å². The van der Waals surface area contributed by atoms with Crippen LogP contribution in [0.3, 0.4) is 0 Å². The molecule has 2 N–H and O–H groups in total. The van der Waals surface area contributed by atoms with Crippen LogP contribution in [0.2, 0.25) is 0 Å². The number of benzene rings is 1. The van der Waals surface area contributed by atoms with Gasteiger partial charge in [0.15, 0.2) is 0 Å². The van der Waals surface area contributed by atoms with Crippen LogP contribution >= 0.6 is 0 Å². The Hall–Kier alpha value is -2.28. The molecule has 0 amide bonds. The maximum Gasteiger partial charge on any atom is 0.274 e. The van der Waals surface area contributed by atoms with Crippen molar-refractivity contribution in [1.29, 1.82) is 0 Å². The zero-order valence-electron chi connectivity index (χ0n) is 11.9. The third-order valence-corrected chi connectivity index (χ3v) is 3.11. The number of rotatable bonds is 3. The molecular weight excluding hydrogens is 258 g/mol. The number of aryl methyl sites for hydroxylation is 2. The van der Waals surface area contributed by atoms with Crippen molar-refractivity contribution in [2.45, 2.75) is 33.2 Å². The number of hydrogen-bond acceptors (Lipinski definition) is 5. The molecule has 1 heterocycles. The van der Waals surface area contributed by atoms with Crippen molar-refractivity contribution in [3.05, 3.63) is 45.3 Å². The summed E-state index contributed by atoms with van der Waals surface area (Å²) in [7, 11) is 0. The van der Waals surface area contributed by atoms with E-state index in [0.29, 0.717) is 16.9 Å². The van der Waals surface area contributed by atoms with E-state index in [1.807, 2.05) is 20.8 Å². The molecule has 0 aliphatic rings. The average molecular weight is 275 g/mol. The van der Waals surface area contributed by atoms with Gasteiger partial charge in [-0.1, -0.05) is 5.21 Å². The second-order valence-corrected chi connectivity index (χ2v) is 5.45. The Labute approximate surface area is 116 Å². The molecule has 0 unspecified atom stereocenters. The normalized spacial score (nSPS) is 11.7. The van der Waals surface area contributed by atoms with Crippen LogP contribution in [-0.2, 0) is 5.54 Å². The average Bonchev–Trinajstić information content (AvgIpc) is 2.77. The van der Waals surface area contributed by atoms with E-state index in [-0.39, 0.29) is 5.69 Å². The van der Waals surface area contributed by atoms with Gasteiger partial charge in [-0.05, 0) is 39.3 Å². The van der Waals surface area contributed by atoms with Crippen LogP contribution in [-0.4, -0.2) is 19.9 Å². The van der Waals surface area contributed by atoms with E-state index in [1.165, 1.54) is 10.7 Å². The van der Waals surface area contributed by atoms with Crippen LogP contribution in [0.4, 0.5) is 5.69 Å². The minimum atomic E-state index is -0.608. The summed E-state index contributed by atoms with van der Waals surface area (Å²) in [4.78, 5) is 10.6. The molecule has 7 nitrogen and oxygen atoms in total. The molecule has 106 valence electrons. The van der Waals surface area contributed by atoms with Crippen molar-refractivity contribution in [3.8, 4) is 5.69 Å². The lowest BCUT2D eigenvalue weighted by Crippen LogP contribution is -2.29. The van der Waals surface area contributed by atoms with E-state index < -0.39 is 10.5 Å². The Kier molecular flexibility index (Phi) is 3.31. The second kappa shape index (κ2) is 4.68. The van der Waals surface area contributed by atoms with Crippen molar-refractivity contribution in [1.82, 2.24) is 15.0 Å². The maximum atomic E-state index is 11.0. The first kappa shape index (κ1) is 14.1. The van der Waals surface area contributed by atoms with Gasteiger partial charge in [-0.25, -0.2) is 4.68 Å². The highest BCUT2D eigenvalue weighted by Gasteiger charge is 2.20. The monoisotopic (exact) mass is 275 g/mol. The summed E-state index contributed by atoms with van der Waals surface area (Å²) in [5.41, 5.74) is 8.18. The van der Waals surface area contributed by atoms with Gasteiger partial charge in [0.1, 0.15) is 5.69 Å². The molecule has 0 fully saturated rings. The van der Waals surface area contributed by atoms with E-state index in [9.17, 15) is 10.1 Å². The van der Waals surface area contributed by atoms with E-state index in [2.05, 4.69) is 10.3 Å². The van der Waals surface area contributed by atoms with E-state index in [1.54, 1.807) is 19.2 Å². The first-order valence-electron chi connectivity index (χ1n) is 6.18. The van der Waals surface area contributed by atoms with Gasteiger partial charge in [-0.2, -0.15) is 0 Å². The van der Waals surface area contributed by atoms with Gasteiger partial charge in [0, 0.05) is 11.6 Å². The van der Waals surface area contributed by atoms with E-state index in [4.69, 9.17) is 5.73 Å². The SMILES string of the molecule is Cc1cc(C)c([N+](=O)[O-])cc1-n1cc(C(C)(C)N)nn1. The van der Waals surface area contributed by atoms with Gasteiger partial charge in [-0.3, -0.25) is 10.1 Å². The lowest BCUT2D eigenvalue weighted by molar-refractivity contribution is -0.385. The summed E-state index contributed by atoms with van der Waals surface area (Å²) in [6.07, 6.45) is 1.70. The molecule has 2 aromatic rings. The molecular formula is C13H17N5O2. The second-order valence-electron chi connectivity index (χ2n) is 5.45. The smallest absolute Gasteiger partial charge is 0.274 e. The molecule has 0 atom stereocenters. The van der Waals surface area contributed by atoms with Crippen LogP contribution in [0.5, 0.6) is 0 Å². The lowest BCUT2D eigenvalue weighted by atomic mass is 10.0. The van der Waals surface area contributed by atoms with Crippen molar-refractivity contribution >= 4 is 5.69 Å². The summed E-state index contributed by atoms with van der Waals surface area (Å²) < 4.78 is 1.52. The number of nitrogens with two attached hydrogens (primary N) is 1. The van der Waals surface area contributed by atoms with Gasteiger partial charge >= 0.3 is 0 Å². The largest absolute Gasteiger partial charge is 0.320 e. The molecule has 0 aliphatic heterocycles. The Bertz CT molecular complexity index is 670. The predicted octanol–water partition coefficient (Wildman–Crippen LogP) is 1.99. The van der Waals surface area contributed by atoms with Gasteiger partial charge < -0.3 is 5.73 Å². The van der Waals surface area contributed by atoms with Gasteiger partial charge in [0.2, 0.25) is 0 Å². The van der Waals surface area contributed by atoms with Crippen LogP contribution < -0.4 is 5.73 Å². The molecule has 0 aliphatic carbocycles. The molecule has 1 aromatic heterocycles. The summed E-state index contributed by atoms with van der Waals surface area (Å²) in [6.45, 7) is 7.24. The topological polar surface area (TPSA) is 99.9 Å². The third kappa shape index (κ3) is 2.53. The van der Waals surface area contributed by atoms with Crippen LogP contribution in [0.15, 0.2) is 18.3 Å². The summed E-state index contributed by atoms with van der Waals surface area (Å²) in [5.74, 6) is 0. The molecule has 0 saturated carbocycles. The third-order valence-electron chi connectivity index (χ3n) is 3.11. The Morgan fingerprint density at radius 3 is 2.45 bits per heavy atom. The van der Waals surface area contributed by atoms with Crippen LogP contribution in [0, 0.1) is 24.0 Å². The first-order valence-corrected chi connectivity index (χ1v) is 6.18. The molecule has 0 saturated heterocycles. The maximum absolute atomic E-state index is 11.0. The van der Waals surface area contributed by atoms with Crippen molar-refractivity contribution in [3.63, 3.8) is 0 Å². The van der Waals surface area contributed by atoms with Gasteiger partial charge in [0.25, 0.3) is 5.69 Å². The summed E-state index contributed by atoms with van der Waals surface area (Å²) >= 11 is 0. The highest BCUT2D eigenvalue weighted by Crippen LogP contribution is 2.25. The standard InChI is InChI=1S/C13H17N5O2/c1-8-5-9(2)11(18(19)20)6-10(8)17-7-12(15-16-17)13(3,4)14/h5-7H,14H2,1-4H3. The summed E-state index contributed by atoms with van der Waals surface area (Å²) in [6, 6.07) is 3.27. The highest BCUT2D eigenvalue weighted by molar-refractivity contribution is 5.53. The molecule has 7 heteroatoms. The number of aromatic nitrogens is 3. The number of hydrogen-bond donors (Lipinski definition) is 1. The Morgan fingerprint density at radius 1 is 1.30 bits per heavy atom. The lowest BCUT2D eigenvalue weighted by Gasteiger charge is -2.13. The fourth-order valence-corrected chi connectivity index (χ4v) is 1.95. The van der Waals surface area contributed by atoms with Crippen LogP contribution in [0.25, 0.3) is 5.69 Å².